The summed E-state index contributed by atoms with van der Waals surface area (Å²) in [6.07, 6.45) is 1.95. The molecule has 1 heterocycles. The number of nitro groups is 1. The van der Waals surface area contributed by atoms with E-state index in [4.69, 9.17) is 9.68 Å². The highest BCUT2D eigenvalue weighted by Gasteiger charge is 2.10. The minimum Gasteiger partial charge on any atom is -0.422 e. The Labute approximate surface area is 119 Å². The average Bonchev–Trinajstić information content (AvgIpc) is 2.90. The van der Waals surface area contributed by atoms with Crippen LogP contribution in [0.25, 0.3) is 0 Å². The summed E-state index contributed by atoms with van der Waals surface area (Å²) in [5.41, 5.74) is 3.20. The molecule has 0 saturated carbocycles. The molecule has 21 heavy (non-hydrogen) atoms. The molecule has 0 fully saturated rings. The molecule has 0 saturated heterocycles. The Balaban J connectivity index is 2.12. The number of nitrogens with zero attached hydrogens (tertiary/aromatic N) is 4. The van der Waals surface area contributed by atoms with Gasteiger partial charge in [-0.1, -0.05) is 19.1 Å². The molecule has 8 heteroatoms. The second-order valence-corrected chi connectivity index (χ2v) is 3.97. The van der Waals surface area contributed by atoms with Crippen LogP contribution in [0, 0.1) is 21.4 Å². The molecule has 0 radical (unpaired) electrons. The van der Waals surface area contributed by atoms with E-state index in [9.17, 15) is 10.1 Å². The Hall–Kier alpha value is -3.21. The minimum absolute atomic E-state index is 0.0235. The van der Waals surface area contributed by atoms with E-state index in [2.05, 4.69) is 15.5 Å². The van der Waals surface area contributed by atoms with Crippen LogP contribution in [0.2, 0.25) is 0 Å². The van der Waals surface area contributed by atoms with Gasteiger partial charge in [0.15, 0.2) is 5.89 Å². The molecule has 0 unspecified atom stereocenters. The number of hydrazone groups is 1. The van der Waals surface area contributed by atoms with Gasteiger partial charge in [0.1, 0.15) is 6.07 Å². The number of nitriles is 1. The second-order valence-electron chi connectivity index (χ2n) is 3.97. The Morgan fingerprint density at radius 2 is 2.43 bits per heavy atom. The summed E-state index contributed by atoms with van der Waals surface area (Å²) in [5.74, 6) is 0.579. The normalized spacial score (nSPS) is 10.5. The lowest BCUT2D eigenvalue weighted by Gasteiger charge is -1.95. The molecule has 0 amide bonds. The summed E-state index contributed by atoms with van der Waals surface area (Å²) in [7, 11) is 0. The maximum Gasteiger partial charge on any atom is 0.270 e. The van der Waals surface area contributed by atoms with Crippen molar-refractivity contribution in [2.45, 2.75) is 13.3 Å². The van der Waals surface area contributed by atoms with Crippen LogP contribution in [0.15, 0.2) is 33.8 Å². The number of nitrogens with one attached hydrogen (secondary N) is 1. The summed E-state index contributed by atoms with van der Waals surface area (Å²) < 4.78 is 5.29. The predicted octanol–water partition coefficient (Wildman–Crippen LogP) is 2.46. The monoisotopic (exact) mass is 285 g/mol. The number of hydrogen-bond acceptors (Lipinski definition) is 7. The molecule has 106 valence electrons. The maximum atomic E-state index is 10.7. The van der Waals surface area contributed by atoms with E-state index in [-0.39, 0.29) is 17.3 Å². The van der Waals surface area contributed by atoms with E-state index in [1.807, 2.05) is 13.0 Å². The molecular formula is C13H11N5O3. The molecule has 0 spiro atoms. The van der Waals surface area contributed by atoms with Gasteiger partial charge >= 0.3 is 0 Å². The number of anilines is 1. The third kappa shape index (κ3) is 3.42. The number of hydrogen-bond donors (Lipinski definition) is 1. The Morgan fingerprint density at radius 3 is 3.10 bits per heavy atom. The number of aromatic nitrogens is 1. The molecule has 0 aliphatic rings. The quantitative estimate of drug-likeness (QED) is 0.512. The maximum absolute atomic E-state index is 10.7. The van der Waals surface area contributed by atoms with Gasteiger partial charge < -0.3 is 4.42 Å². The van der Waals surface area contributed by atoms with Gasteiger partial charge in [0.2, 0.25) is 5.69 Å². The highest BCUT2D eigenvalue weighted by Crippen LogP contribution is 2.17. The zero-order chi connectivity index (χ0) is 15.2. The lowest BCUT2D eigenvalue weighted by atomic mass is 10.2. The highest BCUT2D eigenvalue weighted by atomic mass is 16.6. The number of rotatable bonds is 5. The summed E-state index contributed by atoms with van der Waals surface area (Å²) in [4.78, 5) is 14.1. The minimum atomic E-state index is -0.484. The summed E-state index contributed by atoms with van der Waals surface area (Å²) in [6, 6.07) is 7.89. The van der Waals surface area contributed by atoms with Gasteiger partial charge in [-0.15, -0.1) is 0 Å². The summed E-state index contributed by atoms with van der Waals surface area (Å²) in [6.45, 7) is 1.85. The van der Waals surface area contributed by atoms with Gasteiger partial charge in [-0.25, -0.2) is 10.4 Å². The molecular weight excluding hydrogens is 274 g/mol. The molecule has 1 aromatic carbocycles. The summed E-state index contributed by atoms with van der Waals surface area (Å²) >= 11 is 0. The highest BCUT2D eigenvalue weighted by molar-refractivity contribution is 5.81. The standard InChI is InChI=1S/C13H11N5O3/c1-2-12-16-11(7-14)13(21-12)17-15-8-9-4-3-5-10(6-9)18(19)20/h3-6,8,17H,2H2,1H3. The van der Waals surface area contributed by atoms with Crippen LogP contribution in [0.5, 0.6) is 0 Å². The SMILES string of the molecule is CCc1nc(C#N)c(NN=Cc2cccc([N+](=O)[O-])c2)o1. The first kappa shape index (κ1) is 14.2. The molecule has 2 rings (SSSR count). The van der Waals surface area contributed by atoms with E-state index >= 15 is 0 Å². The Bertz CT molecular complexity index is 730. The van der Waals surface area contributed by atoms with Crippen molar-refractivity contribution in [3.63, 3.8) is 0 Å². The van der Waals surface area contributed by atoms with E-state index in [1.165, 1.54) is 18.3 Å². The van der Waals surface area contributed by atoms with Crippen molar-refractivity contribution in [2.24, 2.45) is 5.10 Å². The number of benzene rings is 1. The van der Waals surface area contributed by atoms with Crippen molar-refractivity contribution in [2.75, 3.05) is 5.43 Å². The summed E-state index contributed by atoms with van der Waals surface area (Å²) in [5, 5.41) is 23.4. The first-order chi connectivity index (χ1) is 10.1. The number of oxazole rings is 1. The molecule has 8 nitrogen and oxygen atoms in total. The molecule has 1 aromatic heterocycles. The van der Waals surface area contributed by atoms with Crippen molar-refractivity contribution < 1.29 is 9.34 Å². The fourth-order valence-electron chi connectivity index (χ4n) is 1.55. The fourth-order valence-corrected chi connectivity index (χ4v) is 1.55. The fraction of sp³-hybridized carbons (Fsp3) is 0.154. The number of nitro benzene ring substituents is 1. The van der Waals surface area contributed by atoms with Crippen molar-refractivity contribution in [1.82, 2.24) is 4.98 Å². The zero-order valence-electron chi connectivity index (χ0n) is 11.1. The van der Waals surface area contributed by atoms with Gasteiger partial charge in [-0.3, -0.25) is 10.1 Å². The van der Waals surface area contributed by atoms with Crippen LogP contribution in [0.3, 0.4) is 0 Å². The average molecular weight is 285 g/mol. The number of aryl methyl sites for hydroxylation is 1. The molecule has 1 N–H and O–H groups in total. The Kier molecular flexibility index (Phi) is 4.26. The van der Waals surface area contributed by atoms with Gasteiger partial charge in [0, 0.05) is 24.1 Å². The largest absolute Gasteiger partial charge is 0.422 e. The van der Waals surface area contributed by atoms with E-state index in [0.717, 1.165) is 0 Å². The molecule has 2 aromatic rings. The van der Waals surface area contributed by atoms with Gasteiger partial charge in [-0.05, 0) is 0 Å². The second kappa shape index (κ2) is 6.29. The van der Waals surface area contributed by atoms with Crippen molar-refractivity contribution >= 4 is 17.8 Å². The van der Waals surface area contributed by atoms with Crippen LogP contribution in [0.4, 0.5) is 11.6 Å². The van der Waals surface area contributed by atoms with Crippen LogP contribution in [0.1, 0.15) is 24.1 Å². The lowest BCUT2D eigenvalue weighted by Crippen LogP contribution is -1.93. The first-order valence-electron chi connectivity index (χ1n) is 6.07. The van der Waals surface area contributed by atoms with Crippen molar-refractivity contribution in [1.29, 1.82) is 5.26 Å². The van der Waals surface area contributed by atoms with Crippen molar-refractivity contribution in [3.05, 3.63) is 51.5 Å². The third-order valence-corrected chi connectivity index (χ3v) is 2.54. The van der Waals surface area contributed by atoms with Crippen LogP contribution < -0.4 is 5.43 Å². The molecule has 0 atom stereocenters. The van der Waals surface area contributed by atoms with Gasteiger partial charge in [-0.2, -0.15) is 10.4 Å². The topological polar surface area (TPSA) is 117 Å². The number of non-ortho nitro benzene ring substituents is 1. The smallest absolute Gasteiger partial charge is 0.270 e. The van der Waals surface area contributed by atoms with Crippen LogP contribution >= 0.6 is 0 Å². The van der Waals surface area contributed by atoms with Gasteiger partial charge in [0.25, 0.3) is 11.6 Å². The Morgan fingerprint density at radius 1 is 1.62 bits per heavy atom. The van der Waals surface area contributed by atoms with Gasteiger partial charge in [0.05, 0.1) is 11.1 Å². The first-order valence-corrected chi connectivity index (χ1v) is 6.07. The zero-order valence-corrected chi connectivity index (χ0v) is 11.1. The van der Waals surface area contributed by atoms with E-state index < -0.39 is 4.92 Å². The molecule has 0 aliphatic carbocycles. The van der Waals surface area contributed by atoms with E-state index in [0.29, 0.717) is 17.9 Å². The lowest BCUT2D eigenvalue weighted by molar-refractivity contribution is -0.384. The molecule has 0 aliphatic heterocycles. The third-order valence-electron chi connectivity index (χ3n) is 2.54. The predicted molar refractivity (Wildman–Crippen MR) is 74.9 cm³/mol. The van der Waals surface area contributed by atoms with E-state index in [1.54, 1.807) is 12.1 Å². The van der Waals surface area contributed by atoms with Crippen LogP contribution in [-0.4, -0.2) is 16.1 Å². The van der Waals surface area contributed by atoms with Crippen molar-refractivity contribution in [3.8, 4) is 6.07 Å². The molecule has 0 bridgehead atoms. The van der Waals surface area contributed by atoms with Crippen LogP contribution in [-0.2, 0) is 6.42 Å².